The third-order valence-corrected chi connectivity index (χ3v) is 5.22. The van der Waals surface area contributed by atoms with E-state index in [0.29, 0.717) is 5.75 Å². The smallest absolute Gasteiger partial charge is 0.160 e. The average molecular weight is 359 g/mol. The van der Waals surface area contributed by atoms with Crippen LogP contribution >= 0.6 is 0 Å². The minimum absolute atomic E-state index is 0.111. The van der Waals surface area contributed by atoms with Gasteiger partial charge in [0.2, 0.25) is 0 Å². The molecule has 0 spiro atoms. The van der Waals surface area contributed by atoms with Gasteiger partial charge in [-0.2, -0.15) is 0 Å². The molecule has 26 heavy (non-hydrogen) atoms. The molecule has 1 aliphatic heterocycles. The molecule has 2 aromatic rings. The first-order valence-electron chi connectivity index (χ1n) is 8.97. The molecule has 3 rings (SSSR count). The van der Waals surface area contributed by atoms with Crippen LogP contribution in [0.5, 0.6) is 11.5 Å². The average Bonchev–Trinajstić information content (AvgIpc) is 2.65. The molecule has 1 aliphatic rings. The Morgan fingerprint density at radius 3 is 2.58 bits per heavy atom. The number of hydrogen-bond donors (Lipinski definition) is 2. The van der Waals surface area contributed by atoms with Crippen LogP contribution in [0.15, 0.2) is 42.5 Å². The summed E-state index contributed by atoms with van der Waals surface area (Å²) in [5.74, 6) is 0.369. The SMILES string of the molecule is COc1cc(CN2CCC[C@@](CO)(Cc3ccc(F)cc3)C2)ccc1O. The number of piperidine rings is 1. The number of phenols is 1. The molecule has 2 N–H and O–H groups in total. The molecule has 0 unspecified atom stereocenters. The predicted octanol–water partition coefficient (Wildman–Crippen LogP) is 3.36. The Morgan fingerprint density at radius 1 is 1.15 bits per heavy atom. The van der Waals surface area contributed by atoms with Gasteiger partial charge in [0.05, 0.1) is 13.7 Å². The van der Waals surface area contributed by atoms with Gasteiger partial charge >= 0.3 is 0 Å². The van der Waals surface area contributed by atoms with Gasteiger partial charge in [-0.25, -0.2) is 4.39 Å². The van der Waals surface area contributed by atoms with Crippen molar-refractivity contribution in [3.05, 3.63) is 59.4 Å². The van der Waals surface area contributed by atoms with Crippen LogP contribution in [0.3, 0.4) is 0 Å². The van der Waals surface area contributed by atoms with Gasteiger partial charge in [0, 0.05) is 18.5 Å². The lowest BCUT2D eigenvalue weighted by atomic mass is 9.75. The number of benzene rings is 2. The summed E-state index contributed by atoms with van der Waals surface area (Å²) in [6, 6.07) is 12.0. The van der Waals surface area contributed by atoms with Crippen LogP contribution in [0.25, 0.3) is 0 Å². The number of phenolic OH excluding ortho intramolecular Hbond substituents is 1. The number of aliphatic hydroxyl groups is 1. The van der Waals surface area contributed by atoms with Gasteiger partial charge in [-0.05, 0) is 61.2 Å². The van der Waals surface area contributed by atoms with Crippen molar-refractivity contribution in [2.24, 2.45) is 5.41 Å². The van der Waals surface area contributed by atoms with E-state index >= 15 is 0 Å². The lowest BCUT2D eigenvalue weighted by molar-refractivity contribution is 0.0288. The number of likely N-dealkylation sites (tertiary alicyclic amines) is 1. The van der Waals surface area contributed by atoms with E-state index in [1.807, 2.05) is 12.1 Å². The van der Waals surface area contributed by atoms with Crippen molar-refractivity contribution >= 4 is 0 Å². The molecule has 2 aromatic carbocycles. The highest BCUT2D eigenvalue weighted by Crippen LogP contribution is 2.35. The van der Waals surface area contributed by atoms with Gasteiger partial charge in [-0.1, -0.05) is 18.2 Å². The van der Waals surface area contributed by atoms with Crippen molar-refractivity contribution in [1.29, 1.82) is 0 Å². The normalized spacial score (nSPS) is 20.9. The fourth-order valence-corrected chi connectivity index (χ4v) is 3.89. The molecule has 1 atom stereocenters. The summed E-state index contributed by atoms with van der Waals surface area (Å²) >= 11 is 0. The summed E-state index contributed by atoms with van der Waals surface area (Å²) in [5.41, 5.74) is 1.90. The molecule has 5 heteroatoms. The number of nitrogens with zero attached hydrogens (tertiary/aromatic N) is 1. The molecule has 0 aromatic heterocycles. The number of hydrogen-bond acceptors (Lipinski definition) is 4. The van der Waals surface area contributed by atoms with E-state index in [4.69, 9.17) is 4.74 Å². The molecular formula is C21H26FNO3. The molecule has 1 saturated heterocycles. The Hall–Kier alpha value is -2.11. The molecule has 1 fully saturated rings. The quantitative estimate of drug-likeness (QED) is 0.830. The third-order valence-electron chi connectivity index (χ3n) is 5.22. The van der Waals surface area contributed by atoms with Crippen LogP contribution in [-0.4, -0.2) is 41.9 Å². The second-order valence-electron chi connectivity index (χ2n) is 7.28. The summed E-state index contributed by atoms with van der Waals surface area (Å²) in [5, 5.41) is 19.9. The minimum Gasteiger partial charge on any atom is -0.504 e. The van der Waals surface area contributed by atoms with E-state index in [1.54, 1.807) is 25.3 Å². The maximum absolute atomic E-state index is 13.2. The standard InChI is InChI=1S/C21H26FNO3/c1-26-20-11-17(5-8-19(20)25)13-23-10-2-9-21(14-23,15-24)12-16-3-6-18(22)7-4-16/h3-8,11,24-25H,2,9-10,12-15H2,1H3/t21-/m1/s1. The fraction of sp³-hybridized carbons (Fsp3) is 0.429. The summed E-state index contributed by atoms with van der Waals surface area (Å²) in [7, 11) is 1.54. The van der Waals surface area contributed by atoms with E-state index in [0.717, 1.165) is 50.0 Å². The number of aromatic hydroxyl groups is 1. The van der Waals surface area contributed by atoms with Gasteiger partial charge in [-0.3, -0.25) is 4.90 Å². The molecule has 1 heterocycles. The van der Waals surface area contributed by atoms with Gasteiger partial charge in [0.1, 0.15) is 5.82 Å². The highest BCUT2D eigenvalue weighted by Gasteiger charge is 2.35. The molecule has 4 nitrogen and oxygen atoms in total. The highest BCUT2D eigenvalue weighted by molar-refractivity contribution is 5.41. The summed E-state index contributed by atoms with van der Waals surface area (Å²) in [6.45, 7) is 2.60. The largest absolute Gasteiger partial charge is 0.504 e. The Morgan fingerprint density at radius 2 is 1.88 bits per heavy atom. The Labute approximate surface area is 153 Å². The zero-order valence-corrected chi connectivity index (χ0v) is 15.1. The molecule has 0 aliphatic carbocycles. The van der Waals surface area contributed by atoms with Crippen molar-refractivity contribution in [3.63, 3.8) is 0 Å². The first-order valence-corrected chi connectivity index (χ1v) is 8.97. The van der Waals surface area contributed by atoms with Gasteiger partial charge in [-0.15, -0.1) is 0 Å². The van der Waals surface area contributed by atoms with E-state index in [-0.39, 0.29) is 23.6 Å². The van der Waals surface area contributed by atoms with Crippen molar-refractivity contribution in [2.75, 3.05) is 26.8 Å². The second-order valence-corrected chi connectivity index (χ2v) is 7.28. The summed E-state index contributed by atoms with van der Waals surface area (Å²) in [6.07, 6.45) is 2.70. The molecule has 0 amide bonds. The Bertz CT molecular complexity index is 735. The van der Waals surface area contributed by atoms with Gasteiger partial charge < -0.3 is 14.9 Å². The van der Waals surface area contributed by atoms with E-state index in [1.165, 1.54) is 12.1 Å². The van der Waals surface area contributed by atoms with Crippen LogP contribution in [0, 0.1) is 11.2 Å². The van der Waals surface area contributed by atoms with E-state index in [2.05, 4.69) is 4.90 Å². The monoisotopic (exact) mass is 359 g/mol. The fourth-order valence-electron chi connectivity index (χ4n) is 3.89. The van der Waals surface area contributed by atoms with Crippen LogP contribution in [0.2, 0.25) is 0 Å². The van der Waals surface area contributed by atoms with Crippen molar-refractivity contribution in [3.8, 4) is 11.5 Å². The Balaban J connectivity index is 1.71. The number of aliphatic hydroxyl groups excluding tert-OH is 1. The van der Waals surface area contributed by atoms with Crippen LogP contribution in [0.4, 0.5) is 4.39 Å². The van der Waals surface area contributed by atoms with Gasteiger partial charge in [0.25, 0.3) is 0 Å². The third kappa shape index (κ3) is 4.34. The molecule has 0 radical (unpaired) electrons. The molecule has 0 saturated carbocycles. The second kappa shape index (κ2) is 8.06. The number of ether oxygens (including phenoxy) is 1. The maximum Gasteiger partial charge on any atom is 0.160 e. The van der Waals surface area contributed by atoms with Crippen LogP contribution in [0.1, 0.15) is 24.0 Å². The molecule has 140 valence electrons. The van der Waals surface area contributed by atoms with Crippen molar-refractivity contribution in [2.45, 2.75) is 25.8 Å². The topological polar surface area (TPSA) is 52.9 Å². The first-order chi connectivity index (χ1) is 12.5. The van der Waals surface area contributed by atoms with Crippen molar-refractivity contribution in [1.82, 2.24) is 4.90 Å². The van der Waals surface area contributed by atoms with Gasteiger partial charge in [0.15, 0.2) is 11.5 Å². The lowest BCUT2D eigenvalue weighted by Crippen LogP contribution is -2.46. The minimum atomic E-state index is -0.238. The molecular weight excluding hydrogens is 333 g/mol. The zero-order chi connectivity index (χ0) is 18.6. The zero-order valence-electron chi connectivity index (χ0n) is 15.1. The van der Waals surface area contributed by atoms with E-state index in [9.17, 15) is 14.6 Å². The van der Waals surface area contributed by atoms with Crippen LogP contribution in [-0.2, 0) is 13.0 Å². The summed E-state index contributed by atoms with van der Waals surface area (Å²) in [4.78, 5) is 2.33. The highest BCUT2D eigenvalue weighted by atomic mass is 19.1. The first kappa shape index (κ1) is 18.7. The summed E-state index contributed by atoms with van der Waals surface area (Å²) < 4.78 is 18.3. The number of rotatable bonds is 6. The van der Waals surface area contributed by atoms with Crippen molar-refractivity contribution < 1.29 is 19.3 Å². The maximum atomic E-state index is 13.2. The van der Waals surface area contributed by atoms with Crippen LogP contribution < -0.4 is 4.74 Å². The van der Waals surface area contributed by atoms with E-state index < -0.39 is 0 Å². The lowest BCUT2D eigenvalue weighted by Gasteiger charge is -2.42. The predicted molar refractivity (Wildman–Crippen MR) is 98.8 cm³/mol. The molecule has 0 bridgehead atoms. The Kier molecular flexibility index (Phi) is 5.79. The number of methoxy groups -OCH3 is 1. The number of halogens is 1.